The smallest absolute Gasteiger partial charge is 0.308 e. The third kappa shape index (κ3) is 12.5. The summed E-state index contributed by atoms with van der Waals surface area (Å²) in [5.41, 5.74) is 0. The lowest BCUT2D eigenvalue weighted by atomic mass is 9.91. The molecule has 4 atom stereocenters. The number of rotatable bonds is 14. The van der Waals surface area contributed by atoms with Crippen LogP contribution in [0.15, 0.2) is 0 Å². The highest BCUT2D eigenvalue weighted by molar-refractivity contribution is 5.71. The Morgan fingerprint density at radius 1 is 0.739 bits per heavy atom. The standard InChI is InChI=1S/C21H42O2/c1-7-17(2)11-8-12-18(3)13-9-14-19(4)15-10-16-20(5)21(22)23-6/h17-20H,7-16H2,1-6H3. The van der Waals surface area contributed by atoms with Gasteiger partial charge in [-0.3, -0.25) is 4.79 Å². The molecule has 0 radical (unpaired) electrons. The van der Waals surface area contributed by atoms with E-state index in [1.54, 1.807) is 0 Å². The molecule has 0 bridgehead atoms. The van der Waals surface area contributed by atoms with Crippen LogP contribution in [0.2, 0.25) is 0 Å². The lowest BCUT2D eigenvalue weighted by molar-refractivity contribution is -0.145. The Morgan fingerprint density at radius 2 is 1.13 bits per heavy atom. The highest BCUT2D eigenvalue weighted by Crippen LogP contribution is 2.22. The second kappa shape index (κ2) is 13.9. The van der Waals surface area contributed by atoms with Crippen LogP contribution in [0.3, 0.4) is 0 Å². The molecular weight excluding hydrogens is 284 g/mol. The van der Waals surface area contributed by atoms with Gasteiger partial charge in [0.25, 0.3) is 0 Å². The summed E-state index contributed by atoms with van der Waals surface area (Å²) < 4.78 is 4.78. The highest BCUT2D eigenvalue weighted by atomic mass is 16.5. The fourth-order valence-corrected chi connectivity index (χ4v) is 3.21. The molecule has 2 heteroatoms. The Morgan fingerprint density at radius 3 is 1.52 bits per heavy atom. The van der Waals surface area contributed by atoms with E-state index in [1.165, 1.54) is 58.5 Å². The van der Waals surface area contributed by atoms with Gasteiger partial charge in [-0.2, -0.15) is 0 Å². The van der Waals surface area contributed by atoms with Crippen molar-refractivity contribution in [1.82, 2.24) is 0 Å². The molecule has 0 aliphatic heterocycles. The molecule has 0 saturated carbocycles. The fourth-order valence-electron chi connectivity index (χ4n) is 3.21. The summed E-state index contributed by atoms with van der Waals surface area (Å²) in [5, 5.41) is 0. The number of hydrogen-bond donors (Lipinski definition) is 0. The molecule has 4 unspecified atom stereocenters. The summed E-state index contributed by atoms with van der Waals surface area (Å²) in [6.45, 7) is 11.4. The molecule has 0 aromatic rings. The highest BCUT2D eigenvalue weighted by Gasteiger charge is 2.13. The molecule has 0 saturated heterocycles. The molecule has 0 heterocycles. The second-order valence-corrected chi connectivity index (χ2v) is 7.94. The summed E-state index contributed by atoms with van der Waals surface area (Å²) in [5.74, 6) is 2.55. The van der Waals surface area contributed by atoms with Gasteiger partial charge in [0.05, 0.1) is 13.0 Å². The first-order valence-electron chi connectivity index (χ1n) is 9.98. The van der Waals surface area contributed by atoms with Crippen molar-refractivity contribution < 1.29 is 9.53 Å². The van der Waals surface area contributed by atoms with Gasteiger partial charge in [-0.25, -0.2) is 0 Å². The topological polar surface area (TPSA) is 26.3 Å². The molecule has 23 heavy (non-hydrogen) atoms. The van der Waals surface area contributed by atoms with E-state index in [2.05, 4.69) is 27.7 Å². The van der Waals surface area contributed by atoms with Crippen LogP contribution in [0, 0.1) is 23.7 Å². The first-order chi connectivity index (χ1) is 10.9. The van der Waals surface area contributed by atoms with Crippen molar-refractivity contribution in [2.75, 3.05) is 7.11 Å². The van der Waals surface area contributed by atoms with E-state index < -0.39 is 0 Å². The molecule has 0 aliphatic carbocycles. The summed E-state index contributed by atoms with van der Waals surface area (Å²) in [7, 11) is 1.48. The third-order valence-electron chi connectivity index (χ3n) is 5.42. The minimum atomic E-state index is -0.0659. The average molecular weight is 327 g/mol. The Bertz CT molecular complexity index is 288. The molecule has 0 N–H and O–H groups in total. The van der Waals surface area contributed by atoms with Gasteiger partial charge in [0.1, 0.15) is 0 Å². The normalized spacial score (nSPS) is 16.6. The molecule has 0 aromatic heterocycles. The van der Waals surface area contributed by atoms with Crippen LogP contribution in [0.1, 0.15) is 98.8 Å². The van der Waals surface area contributed by atoms with E-state index in [9.17, 15) is 4.79 Å². The van der Waals surface area contributed by atoms with Gasteiger partial charge in [-0.15, -0.1) is 0 Å². The first kappa shape index (κ1) is 22.5. The second-order valence-electron chi connectivity index (χ2n) is 7.94. The van der Waals surface area contributed by atoms with E-state index in [0.717, 1.165) is 30.6 Å². The van der Waals surface area contributed by atoms with E-state index in [-0.39, 0.29) is 11.9 Å². The first-order valence-corrected chi connectivity index (χ1v) is 9.98. The van der Waals surface area contributed by atoms with Crippen LogP contribution >= 0.6 is 0 Å². The predicted molar refractivity (Wildman–Crippen MR) is 101 cm³/mol. The Labute approximate surface area is 145 Å². The van der Waals surface area contributed by atoms with Crippen molar-refractivity contribution in [2.45, 2.75) is 98.8 Å². The summed E-state index contributed by atoms with van der Waals surface area (Å²) in [4.78, 5) is 11.4. The van der Waals surface area contributed by atoms with Crippen molar-refractivity contribution in [3.05, 3.63) is 0 Å². The van der Waals surface area contributed by atoms with E-state index in [1.807, 2.05) is 6.92 Å². The molecule has 2 nitrogen and oxygen atoms in total. The largest absolute Gasteiger partial charge is 0.469 e. The summed E-state index contributed by atoms with van der Waals surface area (Å²) in [6, 6.07) is 0. The maximum absolute atomic E-state index is 11.4. The Balaban J connectivity index is 3.58. The van der Waals surface area contributed by atoms with Crippen molar-refractivity contribution in [1.29, 1.82) is 0 Å². The van der Waals surface area contributed by atoms with Crippen molar-refractivity contribution in [2.24, 2.45) is 23.7 Å². The van der Waals surface area contributed by atoms with E-state index in [4.69, 9.17) is 4.74 Å². The zero-order valence-electron chi connectivity index (χ0n) is 16.7. The van der Waals surface area contributed by atoms with Gasteiger partial charge in [0.15, 0.2) is 0 Å². The molecule has 0 aliphatic rings. The molecule has 0 amide bonds. The number of ether oxygens (including phenoxy) is 1. The minimum absolute atomic E-state index is 0.0535. The van der Waals surface area contributed by atoms with Crippen LogP contribution in [0.4, 0.5) is 0 Å². The molecule has 138 valence electrons. The van der Waals surface area contributed by atoms with Crippen molar-refractivity contribution in [3.8, 4) is 0 Å². The minimum Gasteiger partial charge on any atom is -0.469 e. The quantitative estimate of drug-likeness (QED) is 0.335. The Hall–Kier alpha value is -0.530. The lowest BCUT2D eigenvalue weighted by Gasteiger charge is -2.16. The number of methoxy groups -OCH3 is 1. The summed E-state index contributed by atoms with van der Waals surface area (Å²) in [6.07, 6.45) is 12.9. The molecule has 0 fully saturated rings. The maximum atomic E-state index is 11.4. The van der Waals surface area contributed by atoms with Gasteiger partial charge in [0, 0.05) is 0 Å². The lowest BCUT2D eigenvalue weighted by Crippen LogP contribution is -2.12. The number of carbonyl (C=O) groups is 1. The number of carbonyl (C=O) groups excluding carboxylic acids is 1. The molecule has 0 rings (SSSR count). The Kier molecular flexibility index (Phi) is 13.5. The zero-order chi connectivity index (χ0) is 17.7. The van der Waals surface area contributed by atoms with Crippen molar-refractivity contribution >= 4 is 5.97 Å². The summed E-state index contributed by atoms with van der Waals surface area (Å²) >= 11 is 0. The van der Waals surface area contributed by atoms with Gasteiger partial charge in [0.2, 0.25) is 0 Å². The zero-order valence-corrected chi connectivity index (χ0v) is 16.7. The maximum Gasteiger partial charge on any atom is 0.308 e. The van der Waals surface area contributed by atoms with Crippen LogP contribution in [0.5, 0.6) is 0 Å². The average Bonchev–Trinajstić information content (AvgIpc) is 2.53. The predicted octanol–water partition coefficient (Wildman–Crippen LogP) is 6.62. The van der Waals surface area contributed by atoms with Crippen LogP contribution in [-0.4, -0.2) is 13.1 Å². The molecule has 0 spiro atoms. The molecule has 0 aromatic carbocycles. The van der Waals surface area contributed by atoms with Crippen molar-refractivity contribution in [3.63, 3.8) is 0 Å². The van der Waals surface area contributed by atoms with Gasteiger partial charge in [-0.1, -0.05) is 92.4 Å². The fraction of sp³-hybridized carbons (Fsp3) is 0.952. The number of hydrogen-bond acceptors (Lipinski definition) is 2. The van der Waals surface area contributed by atoms with E-state index in [0.29, 0.717) is 0 Å². The SMILES string of the molecule is CCC(C)CCCC(C)CCCC(C)CCCC(C)C(=O)OC. The van der Waals surface area contributed by atoms with Gasteiger partial charge in [-0.05, 0) is 24.2 Å². The van der Waals surface area contributed by atoms with Gasteiger partial charge < -0.3 is 4.74 Å². The molecular formula is C21H42O2. The van der Waals surface area contributed by atoms with Crippen LogP contribution in [0.25, 0.3) is 0 Å². The third-order valence-corrected chi connectivity index (χ3v) is 5.42. The van der Waals surface area contributed by atoms with E-state index >= 15 is 0 Å². The van der Waals surface area contributed by atoms with Crippen LogP contribution in [-0.2, 0) is 9.53 Å². The van der Waals surface area contributed by atoms with Crippen LogP contribution < -0.4 is 0 Å². The van der Waals surface area contributed by atoms with Gasteiger partial charge >= 0.3 is 5.97 Å². The monoisotopic (exact) mass is 326 g/mol. The number of esters is 1.